The SMILES string of the molecule is C#CCC(O)c1cnn2ccccc12. The van der Waals surface area contributed by atoms with Gasteiger partial charge in [0.25, 0.3) is 0 Å². The zero-order valence-electron chi connectivity index (χ0n) is 7.59. The van der Waals surface area contributed by atoms with Crippen LogP contribution in [0.15, 0.2) is 30.6 Å². The molecule has 1 N–H and O–H groups in total. The average molecular weight is 186 g/mol. The van der Waals surface area contributed by atoms with Crippen molar-refractivity contribution in [2.24, 2.45) is 0 Å². The molecule has 0 amide bonds. The first-order valence-electron chi connectivity index (χ1n) is 4.36. The van der Waals surface area contributed by atoms with Gasteiger partial charge in [-0.1, -0.05) is 6.07 Å². The van der Waals surface area contributed by atoms with Crippen molar-refractivity contribution in [3.8, 4) is 12.3 Å². The normalized spacial score (nSPS) is 12.6. The van der Waals surface area contributed by atoms with Crippen LogP contribution in [0, 0.1) is 12.3 Å². The third-order valence-corrected chi connectivity index (χ3v) is 2.13. The van der Waals surface area contributed by atoms with Crippen molar-refractivity contribution in [3.63, 3.8) is 0 Å². The number of hydrogen-bond donors (Lipinski definition) is 1. The Morgan fingerprint density at radius 1 is 1.57 bits per heavy atom. The van der Waals surface area contributed by atoms with Crippen LogP contribution < -0.4 is 0 Å². The van der Waals surface area contributed by atoms with Crippen LogP contribution in [0.4, 0.5) is 0 Å². The van der Waals surface area contributed by atoms with Gasteiger partial charge in [0.15, 0.2) is 0 Å². The van der Waals surface area contributed by atoms with Crippen LogP contribution in [0.2, 0.25) is 0 Å². The summed E-state index contributed by atoms with van der Waals surface area (Å²) < 4.78 is 1.72. The standard InChI is InChI=1S/C11H10N2O/c1-2-5-11(14)9-8-12-13-7-4-3-6-10(9)13/h1,3-4,6-8,11,14H,5H2. The Kier molecular flexibility index (Phi) is 2.21. The fraction of sp³-hybridized carbons (Fsp3) is 0.182. The van der Waals surface area contributed by atoms with E-state index >= 15 is 0 Å². The van der Waals surface area contributed by atoms with Crippen LogP contribution in [0.1, 0.15) is 18.1 Å². The number of hydrogen-bond acceptors (Lipinski definition) is 2. The highest BCUT2D eigenvalue weighted by Crippen LogP contribution is 2.20. The molecule has 0 fully saturated rings. The fourth-order valence-electron chi connectivity index (χ4n) is 1.43. The topological polar surface area (TPSA) is 37.5 Å². The zero-order valence-corrected chi connectivity index (χ0v) is 7.59. The van der Waals surface area contributed by atoms with E-state index in [0.29, 0.717) is 6.42 Å². The summed E-state index contributed by atoms with van der Waals surface area (Å²) in [7, 11) is 0. The van der Waals surface area contributed by atoms with Gasteiger partial charge in [-0.3, -0.25) is 0 Å². The molecule has 0 saturated heterocycles. The molecule has 2 aromatic rings. The van der Waals surface area contributed by atoms with Gasteiger partial charge < -0.3 is 5.11 Å². The van der Waals surface area contributed by atoms with E-state index in [-0.39, 0.29) is 0 Å². The highest BCUT2D eigenvalue weighted by atomic mass is 16.3. The average Bonchev–Trinajstić information content (AvgIpc) is 2.61. The minimum atomic E-state index is -0.625. The molecule has 2 aromatic heterocycles. The number of nitrogens with zero attached hydrogens (tertiary/aromatic N) is 2. The van der Waals surface area contributed by atoms with Crippen LogP contribution in [0.5, 0.6) is 0 Å². The summed E-state index contributed by atoms with van der Waals surface area (Å²) in [6.45, 7) is 0. The fourth-order valence-corrected chi connectivity index (χ4v) is 1.43. The number of rotatable bonds is 2. The maximum absolute atomic E-state index is 9.71. The molecule has 0 bridgehead atoms. The predicted molar refractivity (Wildman–Crippen MR) is 53.6 cm³/mol. The van der Waals surface area contributed by atoms with E-state index in [1.807, 2.05) is 24.4 Å². The van der Waals surface area contributed by atoms with Gasteiger partial charge in [0.05, 0.1) is 17.8 Å². The first-order chi connectivity index (χ1) is 6.83. The third kappa shape index (κ3) is 1.36. The highest BCUT2D eigenvalue weighted by molar-refractivity contribution is 5.54. The molecule has 0 spiro atoms. The summed E-state index contributed by atoms with van der Waals surface area (Å²) in [6.07, 6.45) is 8.32. The monoisotopic (exact) mass is 186 g/mol. The van der Waals surface area contributed by atoms with E-state index in [2.05, 4.69) is 11.0 Å². The maximum atomic E-state index is 9.71. The number of aliphatic hydroxyl groups excluding tert-OH is 1. The second-order valence-electron chi connectivity index (χ2n) is 3.05. The number of aromatic nitrogens is 2. The third-order valence-electron chi connectivity index (χ3n) is 2.13. The minimum absolute atomic E-state index is 0.316. The number of aliphatic hydroxyl groups is 1. The molecule has 0 aliphatic heterocycles. The summed E-state index contributed by atoms with van der Waals surface area (Å²) in [5.41, 5.74) is 1.68. The van der Waals surface area contributed by atoms with Crippen molar-refractivity contribution in [1.82, 2.24) is 9.61 Å². The number of pyridine rings is 1. The van der Waals surface area contributed by atoms with Crippen LogP contribution in [0.25, 0.3) is 5.52 Å². The summed E-state index contributed by atoms with van der Waals surface area (Å²) >= 11 is 0. The van der Waals surface area contributed by atoms with Gasteiger partial charge in [-0.2, -0.15) is 5.10 Å². The van der Waals surface area contributed by atoms with Crippen molar-refractivity contribution in [2.75, 3.05) is 0 Å². The second-order valence-corrected chi connectivity index (χ2v) is 3.05. The lowest BCUT2D eigenvalue weighted by atomic mass is 10.1. The largest absolute Gasteiger partial charge is 0.387 e. The van der Waals surface area contributed by atoms with E-state index < -0.39 is 6.10 Å². The first-order valence-corrected chi connectivity index (χ1v) is 4.36. The molecule has 0 saturated carbocycles. The first kappa shape index (κ1) is 8.79. The lowest BCUT2D eigenvalue weighted by molar-refractivity contribution is 0.185. The van der Waals surface area contributed by atoms with Gasteiger partial charge in [-0.25, -0.2) is 4.52 Å². The smallest absolute Gasteiger partial charge is 0.0935 e. The Morgan fingerprint density at radius 2 is 2.43 bits per heavy atom. The Labute approximate surface area is 82.0 Å². The van der Waals surface area contributed by atoms with Gasteiger partial charge in [0.2, 0.25) is 0 Å². The van der Waals surface area contributed by atoms with Crippen molar-refractivity contribution < 1.29 is 5.11 Å². The van der Waals surface area contributed by atoms with Gasteiger partial charge >= 0.3 is 0 Å². The van der Waals surface area contributed by atoms with Gasteiger partial charge in [-0.05, 0) is 12.1 Å². The van der Waals surface area contributed by atoms with Gasteiger partial charge in [-0.15, -0.1) is 12.3 Å². The Balaban J connectivity index is 2.48. The molecular formula is C11H10N2O. The molecule has 0 radical (unpaired) electrons. The van der Waals surface area contributed by atoms with E-state index in [1.54, 1.807) is 10.7 Å². The summed E-state index contributed by atoms with van der Waals surface area (Å²) in [5, 5.41) is 13.8. The molecular weight excluding hydrogens is 176 g/mol. The van der Waals surface area contributed by atoms with Gasteiger partial charge in [0.1, 0.15) is 0 Å². The molecule has 14 heavy (non-hydrogen) atoms. The quantitative estimate of drug-likeness (QED) is 0.720. The van der Waals surface area contributed by atoms with E-state index in [4.69, 9.17) is 6.42 Å². The number of fused-ring (bicyclic) bond motifs is 1. The van der Waals surface area contributed by atoms with Crippen molar-refractivity contribution in [3.05, 3.63) is 36.2 Å². The maximum Gasteiger partial charge on any atom is 0.0935 e. The van der Waals surface area contributed by atoms with Crippen molar-refractivity contribution in [1.29, 1.82) is 0 Å². The molecule has 0 aliphatic rings. The van der Waals surface area contributed by atoms with E-state index in [9.17, 15) is 5.11 Å². The predicted octanol–water partition coefficient (Wildman–Crippen LogP) is 1.39. The van der Waals surface area contributed by atoms with Crippen molar-refractivity contribution >= 4 is 5.52 Å². The van der Waals surface area contributed by atoms with Crippen LogP contribution in [-0.2, 0) is 0 Å². The Morgan fingerprint density at radius 3 is 3.21 bits per heavy atom. The van der Waals surface area contributed by atoms with Crippen LogP contribution >= 0.6 is 0 Å². The molecule has 3 nitrogen and oxygen atoms in total. The van der Waals surface area contributed by atoms with Gasteiger partial charge in [0, 0.05) is 18.2 Å². The molecule has 2 heterocycles. The molecule has 3 heteroatoms. The number of terminal acetylenes is 1. The Bertz CT molecular complexity index is 481. The van der Waals surface area contributed by atoms with E-state index in [0.717, 1.165) is 11.1 Å². The summed E-state index contributed by atoms with van der Waals surface area (Å²) in [6, 6.07) is 5.70. The molecule has 0 aliphatic carbocycles. The molecule has 0 aromatic carbocycles. The summed E-state index contributed by atoms with van der Waals surface area (Å²) in [5.74, 6) is 2.43. The molecule has 70 valence electrons. The lowest BCUT2D eigenvalue weighted by Crippen LogP contribution is -1.95. The van der Waals surface area contributed by atoms with Crippen LogP contribution in [-0.4, -0.2) is 14.7 Å². The summed E-state index contributed by atoms with van der Waals surface area (Å²) in [4.78, 5) is 0. The van der Waals surface area contributed by atoms with E-state index in [1.165, 1.54) is 0 Å². The molecule has 2 rings (SSSR count). The lowest BCUT2D eigenvalue weighted by Gasteiger charge is -2.03. The van der Waals surface area contributed by atoms with Crippen LogP contribution in [0.3, 0.4) is 0 Å². The molecule has 1 unspecified atom stereocenters. The minimum Gasteiger partial charge on any atom is -0.387 e. The second kappa shape index (κ2) is 3.52. The molecule has 1 atom stereocenters. The zero-order chi connectivity index (χ0) is 9.97. The highest BCUT2D eigenvalue weighted by Gasteiger charge is 2.11. The Hall–Kier alpha value is -1.79. The van der Waals surface area contributed by atoms with Crippen molar-refractivity contribution in [2.45, 2.75) is 12.5 Å².